The molecule has 0 radical (unpaired) electrons. The van der Waals surface area contributed by atoms with Gasteiger partial charge in [-0.15, -0.1) is 0 Å². The summed E-state index contributed by atoms with van der Waals surface area (Å²) in [5, 5.41) is 0. The lowest BCUT2D eigenvalue weighted by molar-refractivity contribution is 0.651. The fraction of sp³-hybridized carbons (Fsp3) is 0.571. The van der Waals surface area contributed by atoms with Gasteiger partial charge in [-0.3, -0.25) is 0 Å². The van der Waals surface area contributed by atoms with Gasteiger partial charge in [0.1, 0.15) is 0 Å². The van der Waals surface area contributed by atoms with Crippen LogP contribution in [0, 0.1) is 0 Å². The number of allylic oxidation sites excluding steroid dienone is 6. The molecular formula is C14H22. The second-order valence-corrected chi connectivity index (χ2v) is 4.23. The molecule has 14 heavy (non-hydrogen) atoms. The molecule has 1 rings (SSSR count). The zero-order valence-electron chi connectivity index (χ0n) is 9.55. The molecule has 0 heteroatoms. The summed E-state index contributed by atoms with van der Waals surface area (Å²) in [5.41, 5.74) is 2.78. The van der Waals surface area contributed by atoms with Crippen LogP contribution in [0.25, 0.3) is 0 Å². The van der Waals surface area contributed by atoms with Crippen LogP contribution in [0.1, 0.15) is 52.4 Å². The Hall–Kier alpha value is -0.780. The molecule has 0 aromatic carbocycles. The van der Waals surface area contributed by atoms with Crippen molar-refractivity contribution in [3.05, 3.63) is 35.5 Å². The molecule has 0 bridgehead atoms. The Kier molecular flexibility index (Phi) is 5.36. The SMILES string of the molecule is CC1=C/C(C)=C/CCCCCCC=C1. The van der Waals surface area contributed by atoms with Gasteiger partial charge in [0, 0.05) is 0 Å². The lowest BCUT2D eigenvalue weighted by Gasteiger charge is -2.01. The second-order valence-electron chi connectivity index (χ2n) is 4.23. The van der Waals surface area contributed by atoms with E-state index >= 15 is 0 Å². The first-order valence-electron chi connectivity index (χ1n) is 5.80. The third-order valence-corrected chi connectivity index (χ3v) is 2.63. The molecule has 0 fully saturated rings. The Balaban J connectivity index is 2.61. The topological polar surface area (TPSA) is 0 Å². The summed E-state index contributed by atoms with van der Waals surface area (Å²) < 4.78 is 0. The van der Waals surface area contributed by atoms with E-state index in [-0.39, 0.29) is 0 Å². The minimum absolute atomic E-state index is 1.24. The van der Waals surface area contributed by atoms with E-state index in [9.17, 15) is 0 Å². The van der Waals surface area contributed by atoms with Crippen molar-refractivity contribution in [3.63, 3.8) is 0 Å². The maximum Gasteiger partial charge on any atom is -0.0345 e. The van der Waals surface area contributed by atoms with Gasteiger partial charge in [-0.2, -0.15) is 0 Å². The van der Waals surface area contributed by atoms with E-state index in [0.29, 0.717) is 0 Å². The fourth-order valence-corrected chi connectivity index (χ4v) is 1.83. The summed E-state index contributed by atoms with van der Waals surface area (Å²) in [5.74, 6) is 0. The average molecular weight is 190 g/mol. The first-order valence-corrected chi connectivity index (χ1v) is 5.80. The van der Waals surface area contributed by atoms with Crippen molar-refractivity contribution in [3.8, 4) is 0 Å². The van der Waals surface area contributed by atoms with Crippen LogP contribution in [0.15, 0.2) is 35.5 Å². The van der Waals surface area contributed by atoms with E-state index in [4.69, 9.17) is 0 Å². The van der Waals surface area contributed by atoms with Crippen molar-refractivity contribution < 1.29 is 0 Å². The lowest BCUT2D eigenvalue weighted by Crippen LogP contribution is -1.81. The summed E-state index contributed by atoms with van der Waals surface area (Å²) in [6.07, 6.45) is 17.2. The highest BCUT2D eigenvalue weighted by Gasteiger charge is 1.91. The van der Waals surface area contributed by atoms with Gasteiger partial charge in [-0.1, -0.05) is 48.3 Å². The van der Waals surface area contributed by atoms with Crippen LogP contribution in [-0.4, -0.2) is 0 Å². The molecule has 0 heterocycles. The minimum atomic E-state index is 1.24. The summed E-state index contributed by atoms with van der Waals surface area (Å²) in [6, 6.07) is 0. The average Bonchev–Trinajstić information content (AvgIpc) is 2.13. The van der Waals surface area contributed by atoms with Crippen LogP contribution in [-0.2, 0) is 0 Å². The smallest absolute Gasteiger partial charge is 0.0345 e. The number of rotatable bonds is 0. The molecule has 0 aromatic heterocycles. The Labute approximate surface area is 88.4 Å². The van der Waals surface area contributed by atoms with Crippen molar-refractivity contribution in [2.24, 2.45) is 0 Å². The monoisotopic (exact) mass is 190 g/mol. The predicted octanol–water partition coefficient (Wildman–Crippen LogP) is 4.79. The molecule has 1 aliphatic rings. The molecule has 1 aliphatic carbocycles. The summed E-state index contributed by atoms with van der Waals surface area (Å²) in [6.45, 7) is 4.38. The Morgan fingerprint density at radius 2 is 1.57 bits per heavy atom. The Morgan fingerprint density at radius 3 is 2.36 bits per heavy atom. The highest BCUT2D eigenvalue weighted by Crippen LogP contribution is 2.11. The highest BCUT2D eigenvalue weighted by atomic mass is 14.0. The normalized spacial score (nSPS) is 24.1. The van der Waals surface area contributed by atoms with Gasteiger partial charge in [0.05, 0.1) is 0 Å². The maximum absolute atomic E-state index is 2.36. The van der Waals surface area contributed by atoms with Crippen LogP contribution in [0.4, 0.5) is 0 Å². The molecular weight excluding hydrogens is 168 g/mol. The van der Waals surface area contributed by atoms with Crippen molar-refractivity contribution >= 4 is 0 Å². The van der Waals surface area contributed by atoms with Crippen LogP contribution < -0.4 is 0 Å². The van der Waals surface area contributed by atoms with Gasteiger partial charge in [0.2, 0.25) is 0 Å². The standard InChI is InChI=1S/C14H22/c1-13-10-8-6-4-3-5-7-9-11-14(2)12-13/h8,10-12H,3-7,9H2,1-2H3/b10-8?,13-12?,14-11+. The molecule has 0 amide bonds. The number of hydrogen-bond acceptors (Lipinski definition) is 0. The van der Waals surface area contributed by atoms with Crippen LogP contribution in [0.5, 0.6) is 0 Å². The maximum atomic E-state index is 2.36. The van der Waals surface area contributed by atoms with Crippen molar-refractivity contribution in [1.29, 1.82) is 0 Å². The van der Waals surface area contributed by atoms with Gasteiger partial charge in [0.15, 0.2) is 0 Å². The predicted molar refractivity (Wildman–Crippen MR) is 64.4 cm³/mol. The molecule has 0 nitrogen and oxygen atoms in total. The Bertz CT molecular complexity index is 241. The minimum Gasteiger partial charge on any atom is -0.0843 e. The molecule has 0 spiro atoms. The van der Waals surface area contributed by atoms with Crippen molar-refractivity contribution in [2.45, 2.75) is 52.4 Å². The van der Waals surface area contributed by atoms with E-state index in [1.54, 1.807) is 0 Å². The molecule has 0 aliphatic heterocycles. The summed E-state index contributed by atoms with van der Waals surface area (Å²) in [4.78, 5) is 0. The van der Waals surface area contributed by atoms with E-state index in [0.717, 1.165) is 0 Å². The molecule has 0 N–H and O–H groups in total. The van der Waals surface area contributed by atoms with Crippen LogP contribution in [0.2, 0.25) is 0 Å². The van der Waals surface area contributed by atoms with Crippen LogP contribution >= 0.6 is 0 Å². The van der Waals surface area contributed by atoms with E-state index in [1.807, 2.05) is 0 Å². The summed E-state index contributed by atoms with van der Waals surface area (Å²) >= 11 is 0. The van der Waals surface area contributed by atoms with Gasteiger partial charge in [-0.25, -0.2) is 0 Å². The second kappa shape index (κ2) is 6.64. The van der Waals surface area contributed by atoms with Crippen molar-refractivity contribution in [2.75, 3.05) is 0 Å². The van der Waals surface area contributed by atoms with E-state index in [2.05, 4.69) is 38.2 Å². The quantitative estimate of drug-likeness (QED) is 0.515. The first-order chi connectivity index (χ1) is 6.79. The molecule has 0 saturated carbocycles. The molecule has 0 aromatic rings. The summed E-state index contributed by atoms with van der Waals surface area (Å²) in [7, 11) is 0. The molecule has 0 saturated heterocycles. The third-order valence-electron chi connectivity index (χ3n) is 2.63. The van der Waals surface area contributed by atoms with Gasteiger partial charge in [-0.05, 0) is 39.5 Å². The Morgan fingerprint density at radius 1 is 0.857 bits per heavy atom. The largest absolute Gasteiger partial charge is 0.0843 e. The van der Waals surface area contributed by atoms with E-state index < -0.39 is 0 Å². The molecule has 0 unspecified atom stereocenters. The van der Waals surface area contributed by atoms with Crippen LogP contribution in [0.3, 0.4) is 0 Å². The lowest BCUT2D eigenvalue weighted by atomic mass is 10.1. The van der Waals surface area contributed by atoms with Crippen molar-refractivity contribution in [1.82, 2.24) is 0 Å². The number of hydrogen-bond donors (Lipinski definition) is 0. The first kappa shape index (κ1) is 11.3. The van der Waals surface area contributed by atoms with Gasteiger partial charge >= 0.3 is 0 Å². The zero-order valence-corrected chi connectivity index (χ0v) is 9.55. The third kappa shape index (κ3) is 5.06. The van der Waals surface area contributed by atoms with Gasteiger partial charge in [0.25, 0.3) is 0 Å². The molecule has 0 atom stereocenters. The van der Waals surface area contributed by atoms with Gasteiger partial charge < -0.3 is 0 Å². The highest BCUT2D eigenvalue weighted by molar-refractivity contribution is 5.27. The zero-order chi connectivity index (χ0) is 10.2. The fourth-order valence-electron chi connectivity index (χ4n) is 1.83. The van der Waals surface area contributed by atoms with E-state index in [1.165, 1.54) is 49.7 Å². The molecule has 78 valence electrons.